The lowest BCUT2D eigenvalue weighted by atomic mass is 10.1. The molecule has 3 heterocycles. The van der Waals surface area contributed by atoms with Crippen LogP contribution in [-0.2, 0) is 62.0 Å². The molecule has 0 aliphatic rings. The highest BCUT2D eigenvalue weighted by atomic mass is 35.5. The van der Waals surface area contributed by atoms with Crippen LogP contribution in [0.2, 0.25) is 10.0 Å². The van der Waals surface area contributed by atoms with Gasteiger partial charge in [-0.1, -0.05) is 72.1 Å². The third-order valence-electron chi connectivity index (χ3n) is 9.46. The molecule has 0 spiro atoms. The van der Waals surface area contributed by atoms with E-state index in [-0.39, 0.29) is 33.9 Å². The molecule has 3 aromatic carbocycles. The van der Waals surface area contributed by atoms with Crippen molar-refractivity contribution < 1.29 is 30.0 Å². The predicted octanol–water partition coefficient (Wildman–Crippen LogP) is 5.68. The first-order valence-electron chi connectivity index (χ1n) is 20.3. The van der Waals surface area contributed by atoms with Crippen molar-refractivity contribution in [2.75, 3.05) is 23.9 Å². The third kappa shape index (κ3) is 15.3. The monoisotopic (exact) mass is 988 g/mol. The number of sulfone groups is 3. The fourth-order valence-corrected chi connectivity index (χ4v) is 9.80. The van der Waals surface area contributed by atoms with Gasteiger partial charge in [0.15, 0.2) is 0 Å². The van der Waals surface area contributed by atoms with E-state index in [1.165, 1.54) is 50.9 Å². The van der Waals surface area contributed by atoms with Crippen LogP contribution in [0.4, 0.5) is 0 Å². The second kappa shape index (κ2) is 24.2. The van der Waals surface area contributed by atoms with Gasteiger partial charge in [-0.2, -0.15) is 0 Å². The van der Waals surface area contributed by atoms with Gasteiger partial charge in [-0.25, -0.2) is 40.2 Å². The fourth-order valence-electron chi connectivity index (χ4n) is 5.84. The average molecular weight is 990 g/mol. The summed E-state index contributed by atoms with van der Waals surface area (Å²) in [5.41, 5.74) is 1.17. The Morgan fingerprint density at radius 3 is 1.31 bits per heavy atom. The molecule has 0 fully saturated rings. The largest absolute Gasteiger partial charge is 0.493 e. The first-order valence-corrected chi connectivity index (χ1v) is 26.1. The van der Waals surface area contributed by atoms with E-state index in [0.717, 1.165) is 23.1 Å². The zero-order valence-corrected chi connectivity index (χ0v) is 40.2. The van der Waals surface area contributed by atoms with Gasteiger partial charge in [-0.3, -0.25) is 14.4 Å². The van der Waals surface area contributed by atoms with Crippen LogP contribution >= 0.6 is 23.2 Å². The highest BCUT2D eigenvalue weighted by molar-refractivity contribution is 7.91. The van der Waals surface area contributed by atoms with Gasteiger partial charge < -0.3 is 18.4 Å². The van der Waals surface area contributed by atoms with Gasteiger partial charge in [-0.05, 0) is 87.6 Å². The Kier molecular flexibility index (Phi) is 19.4. The molecule has 0 amide bonds. The lowest BCUT2D eigenvalue weighted by Gasteiger charge is -2.08. The smallest absolute Gasteiger partial charge is 0.288 e. The second-order valence-corrected chi connectivity index (χ2v) is 21.2. The maximum absolute atomic E-state index is 12.4. The van der Waals surface area contributed by atoms with E-state index in [9.17, 15) is 39.6 Å². The highest BCUT2D eigenvalue weighted by Gasteiger charge is 2.23. The molecule has 0 saturated carbocycles. The van der Waals surface area contributed by atoms with Crippen LogP contribution in [0.15, 0.2) is 139 Å². The maximum atomic E-state index is 12.4. The zero-order valence-electron chi connectivity index (χ0n) is 36.2. The van der Waals surface area contributed by atoms with Crippen molar-refractivity contribution in [2.45, 2.75) is 81.7 Å². The topological polar surface area (TPSA) is 216 Å². The Morgan fingerprint density at radius 1 is 0.523 bits per heavy atom. The van der Waals surface area contributed by atoms with E-state index < -0.39 is 51.2 Å². The number of aromatic nitrogens is 6. The number of halogens is 2. The molecule has 0 radical (unpaired) electrons. The van der Waals surface area contributed by atoms with Crippen LogP contribution in [0, 0.1) is 6.92 Å². The molecule has 0 N–H and O–H groups in total. The van der Waals surface area contributed by atoms with E-state index >= 15 is 0 Å². The molecule has 0 unspecified atom stereocenters. The number of benzene rings is 3. The van der Waals surface area contributed by atoms with Crippen LogP contribution < -0.4 is 21.4 Å². The van der Waals surface area contributed by atoms with Crippen molar-refractivity contribution in [3.63, 3.8) is 0 Å². The van der Waals surface area contributed by atoms with Gasteiger partial charge in [0.25, 0.3) is 16.7 Å². The average Bonchev–Trinajstić information content (AvgIpc) is 3.28. The number of hydrogen-bond donors (Lipinski definition) is 0. The lowest BCUT2D eigenvalue weighted by Crippen LogP contribution is -2.29. The van der Waals surface area contributed by atoms with Gasteiger partial charge >= 0.3 is 0 Å². The van der Waals surface area contributed by atoms with Gasteiger partial charge in [0.1, 0.15) is 12.4 Å². The summed E-state index contributed by atoms with van der Waals surface area (Å²) >= 11 is 11.5. The van der Waals surface area contributed by atoms with E-state index in [1.807, 2.05) is 38.1 Å². The molecule has 0 saturated heterocycles. The first-order chi connectivity index (χ1) is 30.8. The summed E-state index contributed by atoms with van der Waals surface area (Å²) < 4.78 is 83.0. The van der Waals surface area contributed by atoms with Crippen molar-refractivity contribution in [3.8, 4) is 5.75 Å². The summed E-state index contributed by atoms with van der Waals surface area (Å²) in [6, 6.07) is 21.2. The zero-order chi connectivity index (χ0) is 47.8. The molecule has 6 rings (SSSR count). The van der Waals surface area contributed by atoms with Crippen LogP contribution in [0.5, 0.6) is 5.75 Å². The molecule has 6 aromatic rings. The molecule has 348 valence electrons. The maximum Gasteiger partial charge on any atom is 0.288 e. The summed E-state index contributed by atoms with van der Waals surface area (Å²) in [4.78, 5) is 47.4. The van der Waals surface area contributed by atoms with E-state index in [4.69, 9.17) is 27.9 Å². The lowest BCUT2D eigenvalue weighted by molar-refractivity contribution is 0.340. The van der Waals surface area contributed by atoms with Crippen molar-refractivity contribution in [1.29, 1.82) is 0 Å². The number of hydrogen-bond acceptors (Lipinski definition) is 13. The van der Waals surface area contributed by atoms with Crippen LogP contribution in [-0.4, -0.2) is 77.8 Å². The SMILES string of the molecule is CCCn1ccnc(S(=O)(=O)CCc2ccc(C)cc2)c1=O.CCn1ccnc(S(=O)(=O)CCOc2ccc(Cl)cc2)c1=O.CCn1ccnc(S(=O)(=O)CCc2ccc(Cl)cc2)c1=O. The molecule has 0 bridgehead atoms. The molecular weight excluding hydrogens is 940 g/mol. The Morgan fingerprint density at radius 2 is 0.892 bits per heavy atom. The quantitative estimate of drug-likeness (QED) is 0.108. The summed E-state index contributed by atoms with van der Waals surface area (Å²) in [5.74, 6) is -0.100. The number of rotatable bonds is 17. The minimum atomic E-state index is -3.80. The van der Waals surface area contributed by atoms with Crippen molar-refractivity contribution in [2.24, 2.45) is 0 Å². The van der Waals surface area contributed by atoms with Gasteiger partial charge in [0.05, 0.1) is 17.3 Å². The number of nitrogens with zero attached hydrogens (tertiary/aromatic N) is 6. The van der Waals surface area contributed by atoms with Crippen LogP contribution in [0.25, 0.3) is 0 Å². The summed E-state index contributed by atoms with van der Waals surface area (Å²) in [7, 11) is -11.2. The Bertz CT molecular complexity index is 3030. The minimum Gasteiger partial charge on any atom is -0.493 e. The van der Waals surface area contributed by atoms with Gasteiger partial charge in [-0.15, -0.1) is 0 Å². The fraction of sp³-hybridized carbons (Fsp3) is 0.318. The van der Waals surface area contributed by atoms with E-state index in [1.54, 1.807) is 62.4 Å². The molecule has 0 aliphatic carbocycles. The number of aryl methyl sites for hydroxylation is 6. The van der Waals surface area contributed by atoms with E-state index in [2.05, 4.69) is 15.0 Å². The molecule has 0 aliphatic heterocycles. The Labute approximate surface area is 388 Å². The van der Waals surface area contributed by atoms with Crippen molar-refractivity contribution in [3.05, 3.63) is 168 Å². The standard InChI is InChI=1S/C16H20N2O3S.C14H15ClN2O4S.C14H15ClN2O3S/c1-3-10-18-11-9-17-15(16(18)19)22(20,21)12-8-14-6-4-13(2)5-7-14;1-2-17-8-7-16-13(14(17)18)22(19,20)10-9-21-12-5-3-11(15)4-6-12;1-2-17-9-8-16-13(14(17)18)21(19,20)10-7-11-3-5-12(15)6-4-11/h4-7,9,11H,3,8,10,12H2,1-2H3;3-8H,2,9-10H2,1H3;3-6,8-9H,2,7,10H2,1H3. The molecule has 65 heavy (non-hydrogen) atoms. The highest BCUT2D eigenvalue weighted by Crippen LogP contribution is 2.16. The molecular formula is C44H50Cl2N6O10S3. The van der Waals surface area contributed by atoms with Gasteiger partial charge in [0, 0.05) is 66.9 Å². The molecule has 3 aromatic heterocycles. The minimum absolute atomic E-state index is 0.0773. The third-order valence-corrected chi connectivity index (χ3v) is 14.8. The number of ether oxygens (including phenoxy) is 1. The normalized spacial score (nSPS) is 11.5. The van der Waals surface area contributed by atoms with Crippen LogP contribution in [0.1, 0.15) is 43.9 Å². The first kappa shape index (κ1) is 52.2. The Hall–Kier alpha value is -5.47. The summed E-state index contributed by atoms with van der Waals surface area (Å²) in [5, 5.41) is -0.0290. The summed E-state index contributed by atoms with van der Waals surface area (Å²) in [6.07, 6.45) is 9.88. The molecule has 16 nitrogen and oxygen atoms in total. The summed E-state index contributed by atoms with van der Waals surface area (Å²) in [6.45, 7) is 8.62. The molecule has 21 heteroatoms. The van der Waals surface area contributed by atoms with E-state index in [0.29, 0.717) is 48.3 Å². The molecule has 0 atom stereocenters. The van der Waals surface area contributed by atoms with Gasteiger partial charge in [0.2, 0.25) is 44.6 Å². The van der Waals surface area contributed by atoms with Crippen molar-refractivity contribution in [1.82, 2.24) is 28.7 Å². The second-order valence-electron chi connectivity index (χ2n) is 14.2. The van der Waals surface area contributed by atoms with Crippen molar-refractivity contribution >= 4 is 52.7 Å². The van der Waals surface area contributed by atoms with Crippen LogP contribution in [0.3, 0.4) is 0 Å². The Balaban J connectivity index is 0.000000213. The predicted molar refractivity (Wildman–Crippen MR) is 250 cm³/mol.